The van der Waals surface area contributed by atoms with E-state index in [4.69, 9.17) is 5.73 Å². The molecule has 0 fully saturated rings. The Bertz CT molecular complexity index is 520. The summed E-state index contributed by atoms with van der Waals surface area (Å²) < 4.78 is 1.17. The molecule has 1 heterocycles. The summed E-state index contributed by atoms with van der Waals surface area (Å²) in [4.78, 5) is 8.00. The molecule has 0 aliphatic carbocycles. The van der Waals surface area contributed by atoms with Gasteiger partial charge in [-0.15, -0.1) is 11.8 Å². The van der Waals surface area contributed by atoms with Gasteiger partial charge in [0.2, 0.25) is 0 Å². The SMILES string of the molecule is CCN(CC)C(C)Sc1ccc2nc(N)sc2c1. The highest BCUT2D eigenvalue weighted by Gasteiger charge is 2.12. The fourth-order valence-electron chi connectivity index (χ4n) is 2.01. The molecule has 0 aliphatic heterocycles. The summed E-state index contributed by atoms with van der Waals surface area (Å²) in [7, 11) is 0. The number of thiazole rings is 1. The second-order valence-electron chi connectivity index (χ2n) is 4.12. The van der Waals surface area contributed by atoms with Gasteiger partial charge in [0, 0.05) is 4.90 Å². The second kappa shape index (κ2) is 5.91. The van der Waals surface area contributed by atoms with Crippen molar-refractivity contribution < 1.29 is 0 Å². The number of nitrogen functional groups attached to an aromatic ring is 1. The Morgan fingerprint density at radius 1 is 1.39 bits per heavy atom. The van der Waals surface area contributed by atoms with Gasteiger partial charge >= 0.3 is 0 Å². The van der Waals surface area contributed by atoms with E-state index in [0.29, 0.717) is 10.5 Å². The minimum Gasteiger partial charge on any atom is -0.375 e. The third-order valence-corrected chi connectivity index (χ3v) is 5.02. The van der Waals surface area contributed by atoms with Crippen LogP contribution in [0.3, 0.4) is 0 Å². The number of aromatic nitrogens is 1. The first-order chi connectivity index (χ1) is 8.63. The number of anilines is 1. The van der Waals surface area contributed by atoms with Gasteiger partial charge in [-0.05, 0) is 38.2 Å². The van der Waals surface area contributed by atoms with Crippen molar-refractivity contribution in [2.45, 2.75) is 31.0 Å². The van der Waals surface area contributed by atoms with Crippen molar-refractivity contribution in [1.29, 1.82) is 0 Å². The minimum atomic E-state index is 0.489. The molecule has 0 radical (unpaired) electrons. The summed E-state index contributed by atoms with van der Waals surface area (Å²) in [6.07, 6.45) is 0. The van der Waals surface area contributed by atoms with Crippen LogP contribution in [0.15, 0.2) is 23.1 Å². The van der Waals surface area contributed by atoms with Gasteiger partial charge < -0.3 is 5.73 Å². The van der Waals surface area contributed by atoms with Gasteiger partial charge in [-0.3, -0.25) is 4.90 Å². The molecule has 0 spiro atoms. The highest BCUT2D eigenvalue weighted by molar-refractivity contribution is 7.99. The van der Waals surface area contributed by atoms with Gasteiger partial charge in [0.15, 0.2) is 5.13 Å². The number of benzene rings is 1. The number of nitrogens with two attached hydrogens (primary N) is 1. The molecule has 3 nitrogen and oxygen atoms in total. The van der Waals surface area contributed by atoms with Crippen molar-refractivity contribution in [3.63, 3.8) is 0 Å². The van der Waals surface area contributed by atoms with Crippen molar-refractivity contribution >= 4 is 38.4 Å². The number of hydrogen-bond acceptors (Lipinski definition) is 5. The molecular weight excluding hydrogens is 262 g/mol. The highest BCUT2D eigenvalue weighted by Crippen LogP contribution is 2.31. The summed E-state index contributed by atoms with van der Waals surface area (Å²) in [5, 5.41) is 1.13. The van der Waals surface area contributed by atoms with Crippen molar-refractivity contribution in [2.75, 3.05) is 18.8 Å². The first kappa shape index (κ1) is 13.6. The Morgan fingerprint density at radius 3 is 2.78 bits per heavy atom. The Hall–Kier alpha value is -0.780. The minimum absolute atomic E-state index is 0.489. The zero-order valence-corrected chi connectivity index (χ0v) is 12.6. The summed E-state index contributed by atoms with van der Waals surface area (Å²) in [6.45, 7) is 8.82. The fraction of sp³-hybridized carbons (Fsp3) is 0.462. The monoisotopic (exact) mass is 281 g/mol. The van der Waals surface area contributed by atoms with E-state index >= 15 is 0 Å². The molecule has 0 aliphatic rings. The summed E-state index contributed by atoms with van der Waals surface area (Å²) >= 11 is 3.44. The summed E-state index contributed by atoms with van der Waals surface area (Å²) in [6, 6.07) is 6.37. The number of nitrogens with zero attached hydrogens (tertiary/aromatic N) is 2. The van der Waals surface area contributed by atoms with E-state index in [0.717, 1.165) is 18.6 Å². The van der Waals surface area contributed by atoms with E-state index in [1.165, 1.54) is 9.60 Å². The predicted octanol–water partition coefficient (Wildman–Crippen LogP) is 3.66. The molecule has 1 aromatic heterocycles. The van der Waals surface area contributed by atoms with Crippen molar-refractivity contribution in [2.24, 2.45) is 0 Å². The number of rotatable bonds is 5. The lowest BCUT2D eigenvalue weighted by molar-refractivity contribution is 0.297. The van der Waals surface area contributed by atoms with Crippen LogP contribution in [0.4, 0.5) is 5.13 Å². The van der Waals surface area contributed by atoms with Crippen LogP contribution in [0.1, 0.15) is 20.8 Å². The molecule has 0 saturated carbocycles. The van der Waals surface area contributed by atoms with Crippen molar-refractivity contribution in [1.82, 2.24) is 9.88 Å². The molecule has 5 heteroatoms. The maximum Gasteiger partial charge on any atom is 0.181 e. The number of hydrogen-bond donors (Lipinski definition) is 1. The van der Waals surface area contributed by atoms with Crippen LogP contribution in [-0.4, -0.2) is 28.3 Å². The Kier molecular flexibility index (Phi) is 4.48. The summed E-state index contributed by atoms with van der Waals surface area (Å²) in [5.41, 5.74) is 6.72. The average molecular weight is 281 g/mol. The van der Waals surface area contributed by atoms with E-state index in [1.807, 2.05) is 11.8 Å². The molecule has 1 aromatic carbocycles. The van der Waals surface area contributed by atoms with E-state index in [9.17, 15) is 0 Å². The topological polar surface area (TPSA) is 42.2 Å². The Labute approximate surface area is 116 Å². The molecular formula is C13H19N3S2. The van der Waals surface area contributed by atoms with Crippen LogP contribution in [0.25, 0.3) is 10.2 Å². The van der Waals surface area contributed by atoms with Gasteiger partial charge in [0.05, 0.1) is 15.6 Å². The third kappa shape index (κ3) is 2.96. The van der Waals surface area contributed by atoms with Gasteiger partial charge in [0.1, 0.15) is 0 Å². The maximum atomic E-state index is 5.73. The van der Waals surface area contributed by atoms with E-state index in [1.54, 1.807) is 11.3 Å². The molecule has 0 bridgehead atoms. The van der Waals surface area contributed by atoms with Crippen LogP contribution in [0, 0.1) is 0 Å². The fourth-order valence-corrected chi connectivity index (χ4v) is 4.03. The lowest BCUT2D eigenvalue weighted by Crippen LogP contribution is -2.30. The molecule has 0 saturated heterocycles. The van der Waals surface area contributed by atoms with Gasteiger partial charge in [-0.25, -0.2) is 4.98 Å². The second-order valence-corrected chi connectivity index (χ2v) is 6.57. The molecule has 2 N–H and O–H groups in total. The van der Waals surface area contributed by atoms with Gasteiger partial charge in [-0.2, -0.15) is 0 Å². The zero-order chi connectivity index (χ0) is 13.1. The zero-order valence-electron chi connectivity index (χ0n) is 11.0. The first-order valence-electron chi connectivity index (χ1n) is 6.20. The standard InChI is InChI=1S/C13H19N3S2/c1-4-16(5-2)9(3)17-10-6-7-11-12(8-10)18-13(14)15-11/h6-9H,4-5H2,1-3H3,(H2,14,15). The summed E-state index contributed by atoms with van der Waals surface area (Å²) in [5.74, 6) is 0. The molecule has 2 rings (SSSR count). The van der Waals surface area contributed by atoms with Crippen LogP contribution >= 0.6 is 23.1 Å². The lowest BCUT2D eigenvalue weighted by atomic mass is 10.3. The van der Waals surface area contributed by atoms with Crippen molar-refractivity contribution in [3.8, 4) is 0 Å². The number of thioether (sulfide) groups is 1. The molecule has 1 unspecified atom stereocenters. The lowest BCUT2D eigenvalue weighted by Gasteiger charge is -2.25. The Balaban J connectivity index is 2.16. The smallest absolute Gasteiger partial charge is 0.181 e. The third-order valence-electron chi connectivity index (χ3n) is 3.01. The molecule has 98 valence electrons. The average Bonchev–Trinajstić information content (AvgIpc) is 2.70. The van der Waals surface area contributed by atoms with Gasteiger partial charge in [0.25, 0.3) is 0 Å². The number of fused-ring (bicyclic) bond motifs is 1. The molecule has 0 amide bonds. The molecule has 1 atom stereocenters. The van der Waals surface area contributed by atoms with E-state index in [2.05, 4.69) is 48.9 Å². The Morgan fingerprint density at radius 2 is 2.11 bits per heavy atom. The van der Waals surface area contributed by atoms with E-state index < -0.39 is 0 Å². The first-order valence-corrected chi connectivity index (χ1v) is 7.90. The highest BCUT2D eigenvalue weighted by atomic mass is 32.2. The van der Waals surface area contributed by atoms with Crippen LogP contribution in [0.5, 0.6) is 0 Å². The van der Waals surface area contributed by atoms with Crippen LogP contribution in [-0.2, 0) is 0 Å². The van der Waals surface area contributed by atoms with Gasteiger partial charge in [-0.1, -0.05) is 25.2 Å². The molecule has 2 aromatic rings. The predicted molar refractivity (Wildman–Crippen MR) is 82.3 cm³/mol. The quantitative estimate of drug-likeness (QED) is 0.671. The normalized spacial score (nSPS) is 13.3. The maximum absolute atomic E-state index is 5.73. The molecule has 18 heavy (non-hydrogen) atoms. The van der Waals surface area contributed by atoms with E-state index in [-0.39, 0.29) is 0 Å². The van der Waals surface area contributed by atoms with Crippen molar-refractivity contribution in [3.05, 3.63) is 18.2 Å². The van der Waals surface area contributed by atoms with Crippen LogP contribution < -0.4 is 5.73 Å². The largest absolute Gasteiger partial charge is 0.375 e. The van der Waals surface area contributed by atoms with Crippen LogP contribution in [0.2, 0.25) is 0 Å².